The number of aromatic nitrogens is 4. The molecule has 4 saturated carbocycles. The Labute approximate surface area is 573 Å². The number of carboxylic acids is 1. The van der Waals surface area contributed by atoms with Crippen LogP contribution in [0.1, 0.15) is 148 Å². The fourth-order valence-corrected chi connectivity index (χ4v) is 17.3. The molecule has 4 aliphatic carbocycles. The van der Waals surface area contributed by atoms with E-state index >= 15 is 0 Å². The highest BCUT2D eigenvalue weighted by atomic mass is 32.1. The Kier molecular flexibility index (Phi) is 20.7. The molecule has 3 aromatic heterocycles. The minimum Gasteiger partial charge on any atom is -0.476 e. The van der Waals surface area contributed by atoms with Crippen molar-refractivity contribution in [2.75, 3.05) is 55.0 Å². The lowest BCUT2D eigenvalue weighted by molar-refractivity contribution is -0.248. The van der Waals surface area contributed by atoms with Gasteiger partial charge in [-0.15, -0.1) is 0 Å². The maximum Gasteiger partial charge on any atom is 0.409 e. The number of imide groups is 2. The van der Waals surface area contributed by atoms with Crippen LogP contribution in [0.5, 0.6) is 0 Å². The predicted octanol–water partition coefficient (Wildman–Crippen LogP) is 9.04. The number of aromatic carboxylic acids is 1. The number of primary amides is 1. The van der Waals surface area contributed by atoms with Gasteiger partial charge in [0.25, 0.3) is 23.6 Å². The molecule has 0 spiro atoms. The second-order valence-electron chi connectivity index (χ2n) is 28.3. The molecule has 12 rings (SSSR count). The number of likely N-dealkylation sites (N-methyl/N-ethyl adjacent to an activating group) is 1. The summed E-state index contributed by atoms with van der Waals surface area (Å²) in [7, 11) is 1.65. The van der Waals surface area contributed by atoms with E-state index in [9.17, 15) is 48.3 Å². The number of hydrogen-bond donors (Lipinski definition) is 6. The van der Waals surface area contributed by atoms with Crippen LogP contribution in [0.3, 0.4) is 0 Å². The summed E-state index contributed by atoms with van der Waals surface area (Å²) < 4.78 is 15.7. The molecule has 4 bridgehead atoms. The number of benzene rings is 3. The number of carbonyl (C=O) groups excluding carboxylic acids is 8. The van der Waals surface area contributed by atoms with Crippen molar-refractivity contribution >= 4 is 91.7 Å². The molecule has 4 fully saturated rings. The third kappa shape index (κ3) is 15.5. The number of fused-ring (bicyclic) bond motifs is 2. The normalized spacial score (nSPS) is 21.3. The number of ether oxygens (including phenoxy) is 2. The predicted molar refractivity (Wildman–Crippen MR) is 369 cm³/mol. The summed E-state index contributed by atoms with van der Waals surface area (Å²) in [5, 5.41) is 24.7. The van der Waals surface area contributed by atoms with Gasteiger partial charge in [-0.25, -0.2) is 29.3 Å². The van der Waals surface area contributed by atoms with E-state index in [-0.39, 0.29) is 97.0 Å². The number of nitrogens with zero attached hydrogens (tertiary/aromatic N) is 8. The van der Waals surface area contributed by atoms with Gasteiger partial charge in [0.05, 0.1) is 34.3 Å². The van der Waals surface area contributed by atoms with E-state index in [4.69, 9.17) is 31.0 Å². The summed E-state index contributed by atoms with van der Waals surface area (Å²) in [5.41, 5.74) is 16.8. The maximum atomic E-state index is 14.2. The number of nitrogens with one attached hydrogen (secondary N) is 3. The van der Waals surface area contributed by atoms with Gasteiger partial charge in [-0.3, -0.25) is 43.7 Å². The zero-order valence-electron chi connectivity index (χ0n) is 56.4. The quantitative estimate of drug-likeness (QED) is 0.0197. The minimum absolute atomic E-state index is 0.00749. The second kappa shape index (κ2) is 29.0. The van der Waals surface area contributed by atoms with Crippen molar-refractivity contribution in [1.29, 1.82) is 0 Å². The highest BCUT2D eigenvalue weighted by Gasteiger charge is 2.66. The molecule has 3 aromatic carbocycles. The SMILES string of the molecule is Cc1c(-c2ccc(N3CCc4cccc(C(=O)Nc5nc6ccccc6s5)c4C3)nc2C(=O)O)cnn1CC12CC3(C)CC(C)(C1)CC(OCCN(C)C(=O)OCc1ccc(N(C(N)=O)C(=O)[C@H](CCCN)NC(=O)[C@@H](NC(=O)CCCCCN4C(=O)C=CC4=O)C(C)C)cc1)(C3)C2. The molecule has 2 unspecified atom stereocenters. The highest BCUT2D eigenvalue weighted by Crippen LogP contribution is 2.72. The van der Waals surface area contributed by atoms with E-state index in [1.807, 2.05) is 65.0 Å². The molecule has 98 heavy (non-hydrogen) atoms. The van der Waals surface area contributed by atoms with Gasteiger partial charge in [-0.1, -0.05) is 81.9 Å². The zero-order chi connectivity index (χ0) is 69.8. The number of nitrogens with two attached hydrogens (primary N) is 2. The summed E-state index contributed by atoms with van der Waals surface area (Å²) >= 11 is 1.41. The van der Waals surface area contributed by atoms with E-state index in [2.05, 4.69) is 34.8 Å². The number of amides is 9. The summed E-state index contributed by atoms with van der Waals surface area (Å²) in [4.78, 5) is 133. The largest absolute Gasteiger partial charge is 0.476 e. The molecule has 6 aliphatic rings. The van der Waals surface area contributed by atoms with Crippen molar-refractivity contribution < 1.29 is 57.7 Å². The van der Waals surface area contributed by atoms with Crippen LogP contribution in [0.25, 0.3) is 21.3 Å². The first-order valence-electron chi connectivity index (χ1n) is 33.6. The zero-order valence-corrected chi connectivity index (χ0v) is 57.2. The third-order valence-corrected chi connectivity index (χ3v) is 20.8. The van der Waals surface area contributed by atoms with Crippen LogP contribution in [0.2, 0.25) is 0 Å². The van der Waals surface area contributed by atoms with E-state index in [1.54, 1.807) is 45.3 Å². The molecule has 6 aromatic rings. The Morgan fingerprint density at radius 2 is 1.56 bits per heavy atom. The first-order valence-corrected chi connectivity index (χ1v) is 34.5. The highest BCUT2D eigenvalue weighted by molar-refractivity contribution is 7.22. The Morgan fingerprint density at radius 1 is 0.827 bits per heavy atom. The van der Waals surface area contributed by atoms with Gasteiger partial charge in [-0.05, 0) is 165 Å². The van der Waals surface area contributed by atoms with E-state index in [0.29, 0.717) is 84.9 Å². The van der Waals surface area contributed by atoms with Gasteiger partial charge in [0.15, 0.2) is 10.8 Å². The Bertz CT molecular complexity index is 4040. The number of rotatable bonds is 28. The van der Waals surface area contributed by atoms with E-state index < -0.39 is 53.5 Å². The van der Waals surface area contributed by atoms with Crippen LogP contribution < -0.4 is 37.2 Å². The molecule has 0 radical (unpaired) electrons. The molecular formula is C72H87N13O12S. The number of carboxylic acid groups (broad SMARTS) is 1. The van der Waals surface area contributed by atoms with Gasteiger partial charge in [-0.2, -0.15) is 5.10 Å². The van der Waals surface area contributed by atoms with Gasteiger partial charge in [0, 0.05) is 80.7 Å². The van der Waals surface area contributed by atoms with E-state index in [1.165, 1.54) is 40.5 Å². The lowest BCUT2D eigenvalue weighted by Gasteiger charge is -2.69. The molecule has 518 valence electrons. The van der Waals surface area contributed by atoms with Crippen molar-refractivity contribution in [3.8, 4) is 11.1 Å². The van der Waals surface area contributed by atoms with Gasteiger partial charge >= 0.3 is 18.1 Å². The summed E-state index contributed by atoms with van der Waals surface area (Å²) in [6.45, 7) is 12.6. The standard InChI is InChI=1S/C72H87N13O12S/c1-44(2)60(79-57(86)19-8-7-11-30-83-58(87)26-27-59(83)88)63(90)76-54(17-13-29-73)64(91)85(66(74)94)48-22-20-46(21-23-48)36-96-68(95)81(6)32-33-97-72-40-69(4)37-70(5,41-72)39-71(38-69,42-72)43-84-45(3)51(34-75-84)49-24-25-56(78-61(49)65(92)93)82-31-28-47-14-12-15-50(52(47)35-82)62(89)80-67-77-53-16-9-10-18-55(53)98-67/h9-10,12,14-16,18,20-27,34,44,54,60H,7-8,11,13,17,19,28-33,35-43,73H2,1-6H3,(H2,74,94)(H,76,90)(H,79,86)(H,92,93)(H,77,80,89)/t54-,60-,69?,70?,71?,72?/m0/s1. The molecule has 2 aliphatic heterocycles. The third-order valence-electron chi connectivity index (χ3n) is 19.9. The second-order valence-corrected chi connectivity index (χ2v) is 29.4. The molecule has 5 heterocycles. The van der Waals surface area contributed by atoms with Gasteiger partial charge < -0.3 is 46.5 Å². The van der Waals surface area contributed by atoms with Crippen molar-refractivity contribution in [2.45, 2.75) is 155 Å². The number of urea groups is 1. The minimum atomic E-state index is -1.24. The number of hydrogen-bond acceptors (Lipinski definition) is 17. The smallest absolute Gasteiger partial charge is 0.409 e. The molecule has 25 nitrogen and oxygen atoms in total. The first-order chi connectivity index (χ1) is 46.8. The van der Waals surface area contributed by atoms with Gasteiger partial charge in [0.1, 0.15) is 24.5 Å². The number of para-hydroxylation sites is 1. The lowest BCUT2D eigenvalue weighted by atomic mass is 9.39. The lowest BCUT2D eigenvalue weighted by Crippen LogP contribution is -2.64. The van der Waals surface area contributed by atoms with Crippen molar-refractivity contribution in [1.82, 2.24) is 40.2 Å². The Morgan fingerprint density at radius 3 is 2.26 bits per heavy atom. The molecule has 4 atom stereocenters. The van der Waals surface area contributed by atoms with Crippen molar-refractivity contribution in [3.05, 3.63) is 131 Å². The molecule has 26 heteroatoms. The maximum absolute atomic E-state index is 14.2. The molecule has 8 N–H and O–H groups in total. The van der Waals surface area contributed by atoms with Crippen LogP contribution in [-0.4, -0.2) is 146 Å². The number of carbonyl (C=O) groups is 9. The average molecular weight is 1360 g/mol. The van der Waals surface area contributed by atoms with Gasteiger partial charge in [0.2, 0.25) is 11.8 Å². The molecule has 9 amide bonds. The monoisotopic (exact) mass is 1360 g/mol. The summed E-state index contributed by atoms with van der Waals surface area (Å²) in [6.07, 6.45) is 11.8. The van der Waals surface area contributed by atoms with E-state index in [0.717, 1.165) is 75.4 Å². The van der Waals surface area contributed by atoms with Crippen LogP contribution in [-0.2, 0) is 59.6 Å². The number of thiazole rings is 1. The first kappa shape index (κ1) is 69.9. The van der Waals surface area contributed by atoms with Crippen LogP contribution in [0, 0.1) is 29.1 Å². The topological polar surface area (TPSA) is 337 Å². The molecular weight excluding hydrogens is 1270 g/mol. The van der Waals surface area contributed by atoms with Crippen molar-refractivity contribution in [2.24, 2.45) is 33.6 Å². The summed E-state index contributed by atoms with van der Waals surface area (Å²) in [5.74, 6) is -3.89. The van der Waals surface area contributed by atoms with Crippen molar-refractivity contribution in [3.63, 3.8) is 0 Å². The Balaban J connectivity index is 0.676. The summed E-state index contributed by atoms with van der Waals surface area (Å²) in [6, 6.07) is 19.9. The number of pyridine rings is 1. The number of anilines is 3. The molecule has 0 saturated heterocycles. The fraction of sp³-hybridized carbons (Fsp3) is 0.472. The fourth-order valence-electron chi connectivity index (χ4n) is 16.4. The number of unbranched alkanes of at least 4 members (excludes halogenated alkanes) is 2. The Hall–Kier alpha value is -9.40. The average Bonchev–Trinajstić information content (AvgIpc) is 0.733. The van der Waals surface area contributed by atoms with Crippen LogP contribution in [0.15, 0.2) is 97.2 Å². The van der Waals surface area contributed by atoms with Crippen LogP contribution >= 0.6 is 11.3 Å². The van der Waals surface area contributed by atoms with Crippen LogP contribution in [0.4, 0.5) is 26.2 Å².